The molecule has 19 heavy (non-hydrogen) atoms. The van der Waals surface area contributed by atoms with Crippen LogP contribution in [0, 0.1) is 11.6 Å². The number of nitrogens with one attached hydrogen (secondary N) is 2. The molecule has 7 heteroatoms. The van der Waals surface area contributed by atoms with Crippen LogP contribution in [0.3, 0.4) is 0 Å². The molecule has 1 aromatic rings. The SMILES string of the molecule is O=C1NCC[C@@]1(O)C(=O)NCc1cc(F)cc(F)c1. The lowest BCUT2D eigenvalue weighted by Gasteiger charge is -2.18. The predicted molar refractivity (Wildman–Crippen MR) is 60.8 cm³/mol. The summed E-state index contributed by atoms with van der Waals surface area (Å²) < 4.78 is 25.8. The van der Waals surface area contributed by atoms with Gasteiger partial charge in [-0.15, -0.1) is 0 Å². The topological polar surface area (TPSA) is 78.4 Å². The monoisotopic (exact) mass is 270 g/mol. The fraction of sp³-hybridized carbons (Fsp3) is 0.333. The van der Waals surface area contributed by atoms with Gasteiger partial charge >= 0.3 is 0 Å². The van der Waals surface area contributed by atoms with E-state index < -0.39 is 29.0 Å². The highest BCUT2D eigenvalue weighted by Gasteiger charge is 2.47. The third-order valence-electron chi connectivity index (χ3n) is 2.90. The molecule has 0 unspecified atom stereocenters. The van der Waals surface area contributed by atoms with Crippen LogP contribution in [0.1, 0.15) is 12.0 Å². The van der Waals surface area contributed by atoms with Gasteiger partial charge < -0.3 is 15.7 Å². The predicted octanol–water partition coefficient (Wildman–Crippen LogP) is -0.168. The molecule has 102 valence electrons. The number of aliphatic hydroxyl groups is 1. The van der Waals surface area contributed by atoms with Crippen LogP contribution in [0.25, 0.3) is 0 Å². The summed E-state index contributed by atoms with van der Waals surface area (Å²) in [5.74, 6) is -3.18. The van der Waals surface area contributed by atoms with Crippen LogP contribution in [-0.4, -0.2) is 29.1 Å². The quantitative estimate of drug-likeness (QED) is 0.667. The number of carbonyl (C=O) groups excluding carboxylic acids is 2. The summed E-state index contributed by atoms with van der Waals surface area (Å²) in [5, 5.41) is 14.5. The van der Waals surface area contributed by atoms with Crippen molar-refractivity contribution in [3.8, 4) is 0 Å². The molecule has 0 bridgehead atoms. The van der Waals surface area contributed by atoms with Crippen molar-refractivity contribution < 1.29 is 23.5 Å². The zero-order chi connectivity index (χ0) is 14.0. The van der Waals surface area contributed by atoms with Gasteiger partial charge in [0.25, 0.3) is 11.8 Å². The van der Waals surface area contributed by atoms with Crippen LogP contribution in [-0.2, 0) is 16.1 Å². The third kappa shape index (κ3) is 2.70. The van der Waals surface area contributed by atoms with Crippen LogP contribution in [0.2, 0.25) is 0 Å². The van der Waals surface area contributed by atoms with Crippen molar-refractivity contribution in [3.63, 3.8) is 0 Å². The van der Waals surface area contributed by atoms with E-state index >= 15 is 0 Å². The van der Waals surface area contributed by atoms with Gasteiger partial charge in [-0.3, -0.25) is 9.59 Å². The number of carbonyl (C=O) groups is 2. The molecule has 1 fully saturated rings. The molecular weight excluding hydrogens is 258 g/mol. The van der Waals surface area contributed by atoms with E-state index in [0.29, 0.717) is 6.07 Å². The summed E-state index contributed by atoms with van der Waals surface area (Å²) in [4.78, 5) is 23.0. The maximum absolute atomic E-state index is 12.9. The first-order valence-electron chi connectivity index (χ1n) is 5.66. The van der Waals surface area contributed by atoms with E-state index in [4.69, 9.17) is 0 Å². The molecule has 1 saturated heterocycles. The average molecular weight is 270 g/mol. The van der Waals surface area contributed by atoms with Crippen molar-refractivity contribution in [3.05, 3.63) is 35.4 Å². The Morgan fingerprint density at radius 2 is 2.00 bits per heavy atom. The van der Waals surface area contributed by atoms with Gasteiger partial charge in [0.2, 0.25) is 5.60 Å². The molecule has 2 rings (SSSR count). The highest BCUT2D eigenvalue weighted by Crippen LogP contribution is 2.16. The van der Waals surface area contributed by atoms with E-state index in [9.17, 15) is 23.5 Å². The largest absolute Gasteiger partial charge is 0.372 e. The lowest BCUT2D eigenvalue weighted by molar-refractivity contribution is -0.150. The smallest absolute Gasteiger partial charge is 0.262 e. The molecule has 0 saturated carbocycles. The van der Waals surface area contributed by atoms with E-state index in [1.807, 2.05) is 0 Å². The second-order valence-corrected chi connectivity index (χ2v) is 4.33. The van der Waals surface area contributed by atoms with E-state index in [1.165, 1.54) is 0 Å². The lowest BCUT2D eigenvalue weighted by atomic mass is 10.0. The molecule has 0 spiro atoms. The first-order valence-corrected chi connectivity index (χ1v) is 5.66. The molecule has 1 atom stereocenters. The van der Waals surface area contributed by atoms with Crippen molar-refractivity contribution >= 4 is 11.8 Å². The van der Waals surface area contributed by atoms with Gasteiger partial charge in [0.15, 0.2) is 0 Å². The van der Waals surface area contributed by atoms with Crippen LogP contribution in [0.5, 0.6) is 0 Å². The van der Waals surface area contributed by atoms with E-state index in [2.05, 4.69) is 10.6 Å². The number of halogens is 2. The Balaban J connectivity index is 2.02. The Hall–Kier alpha value is -2.02. The van der Waals surface area contributed by atoms with Gasteiger partial charge in [-0.1, -0.05) is 0 Å². The fourth-order valence-electron chi connectivity index (χ4n) is 1.87. The molecule has 5 nitrogen and oxygen atoms in total. The minimum atomic E-state index is -2.11. The minimum absolute atomic E-state index is 0.0326. The first kappa shape index (κ1) is 13.4. The summed E-state index contributed by atoms with van der Waals surface area (Å²) >= 11 is 0. The molecule has 0 aliphatic carbocycles. The molecule has 0 aromatic heterocycles. The molecule has 3 N–H and O–H groups in total. The van der Waals surface area contributed by atoms with Crippen molar-refractivity contribution in [2.45, 2.75) is 18.6 Å². The molecular formula is C12H12F2N2O3. The third-order valence-corrected chi connectivity index (χ3v) is 2.90. The van der Waals surface area contributed by atoms with Crippen molar-refractivity contribution in [1.82, 2.24) is 10.6 Å². The minimum Gasteiger partial charge on any atom is -0.372 e. The number of hydrogen-bond acceptors (Lipinski definition) is 3. The summed E-state index contributed by atoms with van der Waals surface area (Å²) in [7, 11) is 0. The van der Waals surface area contributed by atoms with Gasteiger partial charge in [-0.25, -0.2) is 8.78 Å². The van der Waals surface area contributed by atoms with Gasteiger partial charge in [-0.2, -0.15) is 0 Å². The molecule has 1 heterocycles. The van der Waals surface area contributed by atoms with Crippen LogP contribution in [0.15, 0.2) is 18.2 Å². The number of hydrogen-bond donors (Lipinski definition) is 3. The highest BCUT2D eigenvalue weighted by atomic mass is 19.1. The maximum atomic E-state index is 12.9. The average Bonchev–Trinajstić information content (AvgIpc) is 2.67. The van der Waals surface area contributed by atoms with Gasteiger partial charge in [-0.05, 0) is 17.7 Å². The molecule has 0 radical (unpaired) electrons. The fourth-order valence-corrected chi connectivity index (χ4v) is 1.87. The molecule has 2 amide bonds. The molecule has 1 aliphatic rings. The second-order valence-electron chi connectivity index (χ2n) is 4.33. The van der Waals surface area contributed by atoms with E-state index in [0.717, 1.165) is 12.1 Å². The van der Waals surface area contributed by atoms with Crippen molar-refractivity contribution in [1.29, 1.82) is 0 Å². The summed E-state index contributed by atoms with van der Waals surface area (Å²) in [6, 6.07) is 2.83. The maximum Gasteiger partial charge on any atom is 0.262 e. The Bertz CT molecular complexity index is 515. The van der Waals surface area contributed by atoms with Crippen LogP contribution >= 0.6 is 0 Å². The summed E-state index contributed by atoms with van der Waals surface area (Å²) in [6.45, 7) is 0.0282. The Kier molecular flexibility index (Phi) is 3.48. The normalized spacial score (nSPS) is 22.2. The van der Waals surface area contributed by atoms with E-state index in [-0.39, 0.29) is 25.1 Å². The van der Waals surface area contributed by atoms with Crippen molar-refractivity contribution in [2.75, 3.05) is 6.54 Å². The Morgan fingerprint density at radius 3 is 2.53 bits per heavy atom. The highest BCUT2D eigenvalue weighted by molar-refractivity contribution is 6.09. The molecule has 1 aliphatic heterocycles. The summed E-state index contributed by atoms with van der Waals surface area (Å²) in [5.41, 5.74) is -1.90. The Morgan fingerprint density at radius 1 is 1.37 bits per heavy atom. The number of benzene rings is 1. The first-order chi connectivity index (χ1) is 8.91. The van der Waals surface area contributed by atoms with Crippen LogP contribution in [0.4, 0.5) is 8.78 Å². The molecule has 1 aromatic carbocycles. The van der Waals surface area contributed by atoms with Gasteiger partial charge in [0.1, 0.15) is 11.6 Å². The standard InChI is InChI=1S/C12H12F2N2O3/c13-8-3-7(4-9(14)5-8)6-16-11(18)12(19)1-2-15-10(12)17/h3-5,19H,1-2,6H2,(H,15,17)(H,16,18)/t12-/m0/s1. The zero-order valence-electron chi connectivity index (χ0n) is 9.87. The second kappa shape index (κ2) is 4.93. The Labute approximate surface area is 107 Å². The van der Waals surface area contributed by atoms with Crippen LogP contribution < -0.4 is 10.6 Å². The van der Waals surface area contributed by atoms with Gasteiger partial charge in [0, 0.05) is 25.6 Å². The lowest BCUT2D eigenvalue weighted by Crippen LogP contribution is -2.51. The van der Waals surface area contributed by atoms with E-state index in [1.54, 1.807) is 0 Å². The summed E-state index contributed by atoms with van der Waals surface area (Å²) in [6.07, 6.45) is -0.0326. The number of amides is 2. The van der Waals surface area contributed by atoms with Gasteiger partial charge in [0.05, 0.1) is 0 Å². The number of rotatable bonds is 3. The van der Waals surface area contributed by atoms with Crippen molar-refractivity contribution in [2.24, 2.45) is 0 Å². The zero-order valence-corrected chi connectivity index (χ0v) is 9.87.